The molecule has 0 unspecified atom stereocenters. The second-order valence-corrected chi connectivity index (χ2v) is 14.1. The maximum absolute atomic E-state index is 2.42. The molecule has 6 aliphatic rings. The summed E-state index contributed by atoms with van der Waals surface area (Å²) in [6.07, 6.45) is 23.5. The molecule has 0 atom stereocenters. The lowest BCUT2D eigenvalue weighted by Crippen LogP contribution is -2.95. The molecular formula is C32H68N4+4. The van der Waals surface area contributed by atoms with Gasteiger partial charge in [0, 0.05) is 0 Å². The molecule has 6 saturated heterocycles. The molecule has 0 N–H and O–H groups in total. The van der Waals surface area contributed by atoms with Crippen LogP contribution in [0, 0.1) is 0 Å². The number of quaternary nitrogens is 4. The molecule has 0 amide bonds. The molecule has 0 aliphatic carbocycles. The van der Waals surface area contributed by atoms with Crippen molar-refractivity contribution in [1.29, 1.82) is 0 Å². The van der Waals surface area contributed by atoms with Crippen LogP contribution in [-0.2, 0) is 0 Å². The van der Waals surface area contributed by atoms with Crippen LogP contribution in [0.3, 0.4) is 0 Å². The lowest BCUT2D eigenvalue weighted by Gasteiger charge is -2.68. The highest BCUT2D eigenvalue weighted by Crippen LogP contribution is 2.43. The molecule has 0 saturated carbocycles. The molecule has 0 aromatic heterocycles. The van der Waals surface area contributed by atoms with Crippen LogP contribution >= 0.6 is 0 Å². The van der Waals surface area contributed by atoms with E-state index < -0.39 is 0 Å². The van der Waals surface area contributed by atoms with E-state index in [1.165, 1.54) is 200 Å². The minimum Gasteiger partial charge on any atom is -0.312 e. The van der Waals surface area contributed by atoms with Gasteiger partial charge in [-0.3, -0.25) is 0 Å². The summed E-state index contributed by atoms with van der Waals surface area (Å²) in [5, 5.41) is 0. The summed E-state index contributed by atoms with van der Waals surface area (Å²) in [7, 11) is 2.42. The van der Waals surface area contributed by atoms with Gasteiger partial charge in [0.05, 0.1) is 26.7 Å². The Morgan fingerprint density at radius 2 is 0.750 bits per heavy atom. The van der Waals surface area contributed by atoms with Crippen molar-refractivity contribution in [2.45, 2.75) is 124 Å². The Labute approximate surface area is 227 Å². The zero-order chi connectivity index (χ0) is 25.8. The molecule has 4 heteroatoms. The summed E-state index contributed by atoms with van der Waals surface area (Å²) in [6, 6.07) is 0. The Bertz CT molecular complexity index is 559. The van der Waals surface area contributed by atoms with Crippen LogP contribution in [0.4, 0.5) is 0 Å². The predicted molar refractivity (Wildman–Crippen MR) is 156 cm³/mol. The van der Waals surface area contributed by atoms with Gasteiger partial charge in [0.2, 0.25) is 20.0 Å². The van der Waals surface area contributed by atoms with E-state index >= 15 is 0 Å². The third kappa shape index (κ3) is 8.95. The Hall–Kier alpha value is -0.160. The number of unbranched alkanes of at least 4 members (excludes halogenated alkanes) is 14. The number of piperazine rings is 3. The van der Waals surface area contributed by atoms with Crippen LogP contribution in [0.15, 0.2) is 0 Å². The molecule has 6 aliphatic heterocycles. The monoisotopic (exact) mass is 509 g/mol. The lowest BCUT2D eigenvalue weighted by atomic mass is 10.0. The second kappa shape index (κ2) is 14.8. The average molecular weight is 509 g/mol. The quantitative estimate of drug-likeness (QED) is 0.129. The van der Waals surface area contributed by atoms with Crippen molar-refractivity contribution in [2.24, 2.45) is 0 Å². The first-order chi connectivity index (χ1) is 17.4. The van der Waals surface area contributed by atoms with Crippen LogP contribution in [0.25, 0.3) is 0 Å². The van der Waals surface area contributed by atoms with E-state index in [0.29, 0.717) is 0 Å². The standard InChI is InChI=1S/C23H48N2.C9H20N2/c1-3-5-7-8-9-10-11-12-13-14-15-16-17-18-20-25-21-24(22-25,23-25)19-6-4-2;1-3-11-7-4-10(2,5-8-11)6-9-11/h3-23H2,1-2H3;3-9H2,1-2H3/q2*+2. The zero-order valence-electron chi connectivity index (χ0n) is 25.6. The van der Waals surface area contributed by atoms with Crippen LogP contribution in [0.2, 0.25) is 0 Å². The smallest absolute Gasteiger partial charge is 0.225 e. The Kier molecular flexibility index (Phi) is 12.5. The largest absolute Gasteiger partial charge is 0.312 e. The topological polar surface area (TPSA) is 0 Å². The number of likely N-dealkylation sites (N-methyl/N-ethyl adjacent to an activating group) is 2. The van der Waals surface area contributed by atoms with Crippen molar-refractivity contribution in [3.8, 4) is 0 Å². The highest BCUT2D eigenvalue weighted by molar-refractivity contribution is 4.59. The Morgan fingerprint density at radius 3 is 1.14 bits per heavy atom. The number of hydrogen-bond acceptors (Lipinski definition) is 0. The van der Waals surface area contributed by atoms with Crippen LogP contribution in [-0.4, -0.2) is 104 Å². The van der Waals surface area contributed by atoms with Gasteiger partial charge in [-0.1, -0.05) is 97.3 Å². The molecule has 212 valence electrons. The van der Waals surface area contributed by atoms with Crippen molar-refractivity contribution in [3.05, 3.63) is 0 Å². The highest BCUT2D eigenvalue weighted by Gasteiger charge is 2.71. The van der Waals surface area contributed by atoms with Gasteiger partial charge in [-0.25, -0.2) is 0 Å². The predicted octanol–water partition coefficient (Wildman–Crippen LogP) is 7.10. The molecule has 0 spiro atoms. The van der Waals surface area contributed by atoms with Crippen LogP contribution in [0.1, 0.15) is 124 Å². The van der Waals surface area contributed by atoms with E-state index in [0.717, 1.165) is 0 Å². The van der Waals surface area contributed by atoms with Crippen molar-refractivity contribution < 1.29 is 17.9 Å². The SMILES string of the molecule is CCCCCCCCCCCCCCCC[N+]12C[N+](CCCC)(C1)C2.CC[N+]12CC[N+](C)(CC1)CC2. The molecule has 0 aromatic rings. The fraction of sp³-hybridized carbons (Fsp3) is 1.00. The first-order valence-electron chi connectivity index (χ1n) is 16.8. The summed E-state index contributed by atoms with van der Waals surface area (Å²) < 4.78 is 5.75. The second-order valence-electron chi connectivity index (χ2n) is 14.1. The van der Waals surface area contributed by atoms with E-state index in [2.05, 4.69) is 27.8 Å². The van der Waals surface area contributed by atoms with Gasteiger partial charge >= 0.3 is 0 Å². The number of rotatable bonds is 19. The van der Waals surface area contributed by atoms with Crippen LogP contribution in [0.5, 0.6) is 0 Å². The van der Waals surface area contributed by atoms with Gasteiger partial charge in [0.1, 0.15) is 39.3 Å². The number of fused-ring (bicyclic) bond motifs is 3. The molecule has 0 aromatic carbocycles. The molecule has 0 radical (unpaired) electrons. The third-order valence-electron chi connectivity index (χ3n) is 10.8. The van der Waals surface area contributed by atoms with E-state index in [1.807, 2.05) is 0 Å². The van der Waals surface area contributed by atoms with E-state index in [9.17, 15) is 0 Å². The van der Waals surface area contributed by atoms with Gasteiger partial charge in [-0.05, 0) is 26.2 Å². The maximum atomic E-state index is 2.42. The highest BCUT2D eigenvalue weighted by atomic mass is 15.9. The van der Waals surface area contributed by atoms with Crippen molar-refractivity contribution in [3.63, 3.8) is 0 Å². The number of nitrogens with zero attached hydrogens (tertiary/aromatic N) is 4. The summed E-state index contributed by atoms with van der Waals surface area (Å²) in [4.78, 5) is 0. The Balaban J connectivity index is 0.000000270. The molecule has 6 heterocycles. The maximum Gasteiger partial charge on any atom is 0.225 e. The first-order valence-corrected chi connectivity index (χ1v) is 16.8. The molecule has 6 rings (SSSR count). The first kappa shape index (κ1) is 30.4. The minimum atomic E-state index is 1.36. The van der Waals surface area contributed by atoms with Crippen molar-refractivity contribution in [1.82, 2.24) is 0 Å². The molecule has 4 nitrogen and oxygen atoms in total. The van der Waals surface area contributed by atoms with Crippen molar-refractivity contribution in [2.75, 3.05) is 86.0 Å². The fourth-order valence-electron chi connectivity index (χ4n) is 7.85. The molecular weight excluding hydrogens is 440 g/mol. The molecule has 36 heavy (non-hydrogen) atoms. The van der Waals surface area contributed by atoms with E-state index in [-0.39, 0.29) is 0 Å². The van der Waals surface area contributed by atoms with Gasteiger partial charge in [-0.15, -0.1) is 0 Å². The molecule has 4 bridgehead atoms. The van der Waals surface area contributed by atoms with E-state index in [4.69, 9.17) is 0 Å². The van der Waals surface area contributed by atoms with Gasteiger partial charge in [-0.2, -0.15) is 8.97 Å². The van der Waals surface area contributed by atoms with Gasteiger partial charge < -0.3 is 8.97 Å². The summed E-state index contributed by atoms with van der Waals surface area (Å²) in [5.41, 5.74) is 0. The zero-order valence-corrected chi connectivity index (χ0v) is 25.6. The third-order valence-corrected chi connectivity index (χ3v) is 10.8. The summed E-state index contributed by atoms with van der Waals surface area (Å²) >= 11 is 0. The number of hydrogen-bond donors (Lipinski definition) is 0. The van der Waals surface area contributed by atoms with Gasteiger partial charge in [0.25, 0.3) is 0 Å². The van der Waals surface area contributed by atoms with Crippen molar-refractivity contribution >= 4 is 0 Å². The van der Waals surface area contributed by atoms with E-state index in [1.54, 1.807) is 0 Å². The summed E-state index contributed by atoms with van der Waals surface area (Å²) in [5.74, 6) is 0. The summed E-state index contributed by atoms with van der Waals surface area (Å²) in [6.45, 7) is 24.3. The lowest BCUT2D eigenvalue weighted by molar-refractivity contribution is -1.43. The minimum absolute atomic E-state index is 1.36. The van der Waals surface area contributed by atoms with Crippen LogP contribution < -0.4 is 0 Å². The normalized spacial score (nSPS) is 34.0. The molecule has 6 fully saturated rings. The van der Waals surface area contributed by atoms with Gasteiger partial charge in [0.15, 0.2) is 0 Å². The average Bonchev–Trinajstić information content (AvgIpc) is 2.85. The fourth-order valence-corrected chi connectivity index (χ4v) is 7.85. The Morgan fingerprint density at radius 1 is 0.389 bits per heavy atom.